The van der Waals surface area contributed by atoms with Crippen LogP contribution in [0.5, 0.6) is 0 Å². The van der Waals surface area contributed by atoms with Gasteiger partial charge in [0.15, 0.2) is 0 Å². The van der Waals surface area contributed by atoms with E-state index in [0.717, 1.165) is 6.07 Å². The number of H-pyrrole nitrogens is 1. The third kappa shape index (κ3) is 1.83. The molecule has 0 aliphatic carbocycles. The predicted octanol–water partition coefficient (Wildman–Crippen LogP) is 3.42. The van der Waals surface area contributed by atoms with Crippen molar-refractivity contribution in [1.29, 1.82) is 0 Å². The van der Waals surface area contributed by atoms with Crippen molar-refractivity contribution < 1.29 is 17.7 Å². The molecule has 7 heteroatoms. The number of anilines is 1. The van der Waals surface area contributed by atoms with Gasteiger partial charge in [-0.15, -0.1) is 0 Å². The molecule has 2 heterocycles. The van der Waals surface area contributed by atoms with Gasteiger partial charge in [-0.05, 0) is 6.07 Å². The van der Waals surface area contributed by atoms with E-state index >= 15 is 0 Å². The van der Waals surface area contributed by atoms with Crippen molar-refractivity contribution in [2.24, 2.45) is 0 Å². The number of halogens is 3. The van der Waals surface area contributed by atoms with Crippen molar-refractivity contribution in [2.45, 2.75) is 6.18 Å². The summed E-state index contributed by atoms with van der Waals surface area (Å²) in [6, 6.07) is 5.43. The van der Waals surface area contributed by atoms with Gasteiger partial charge in [0.05, 0.1) is 11.1 Å². The Kier molecular flexibility index (Phi) is 2.31. The highest BCUT2D eigenvalue weighted by atomic mass is 19.4. The maximum absolute atomic E-state index is 12.9. The Balaban J connectivity index is 2.25. The van der Waals surface area contributed by atoms with Crippen LogP contribution in [-0.4, -0.2) is 10.1 Å². The summed E-state index contributed by atoms with van der Waals surface area (Å²) in [5, 5.41) is 4.12. The Morgan fingerprint density at radius 1 is 1.26 bits per heavy atom. The van der Waals surface area contributed by atoms with Gasteiger partial charge in [-0.1, -0.05) is 17.3 Å². The maximum atomic E-state index is 12.9. The number of para-hydroxylation sites is 1. The molecule has 0 amide bonds. The minimum atomic E-state index is -4.41. The molecule has 0 unspecified atom stereocenters. The van der Waals surface area contributed by atoms with Crippen LogP contribution in [-0.2, 0) is 6.18 Å². The van der Waals surface area contributed by atoms with Crippen molar-refractivity contribution in [2.75, 3.05) is 5.73 Å². The average molecular weight is 267 g/mol. The van der Waals surface area contributed by atoms with Gasteiger partial charge >= 0.3 is 6.18 Å². The van der Waals surface area contributed by atoms with E-state index < -0.39 is 11.7 Å². The summed E-state index contributed by atoms with van der Waals surface area (Å²) in [4.78, 5) is 2.63. The first-order valence-corrected chi connectivity index (χ1v) is 5.36. The van der Waals surface area contributed by atoms with Crippen molar-refractivity contribution in [3.8, 4) is 11.3 Å². The highest BCUT2D eigenvalue weighted by molar-refractivity contribution is 5.96. The number of alkyl halides is 3. The van der Waals surface area contributed by atoms with E-state index in [4.69, 9.17) is 10.3 Å². The highest BCUT2D eigenvalue weighted by Crippen LogP contribution is 2.37. The molecule has 0 saturated heterocycles. The fraction of sp³-hybridized carbons (Fsp3) is 0.0833. The zero-order valence-electron chi connectivity index (χ0n) is 9.45. The molecule has 0 fully saturated rings. The second-order valence-corrected chi connectivity index (χ2v) is 4.04. The third-order valence-electron chi connectivity index (χ3n) is 2.83. The molecule has 0 aliphatic heterocycles. The summed E-state index contributed by atoms with van der Waals surface area (Å²) in [5.41, 5.74) is 5.62. The molecule has 3 N–H and O–H groups in total. The molecule has 0 radical (unpaired) electrons. The van der Waals surface area contributed by atoms with Crippen LogP contribution in [0.3, 0.4) is 0 Å². The number of nitrogens with one attached hydrogen (secondary N) is 1. The predicted molar refractivity (Wildman–Crippen MR) is 63.2 cm³/mol. The monoisotopic (exact) mass is 267 g/mol. The van der Waals surface area contributed by atoms with Gasteiger partial charge in [0.2, 0.25) is 5.88 Å². The molecule has 19 heavy (non-hydrogen) atoms. The summed E-state index contributed by atoms with van der Waals surface area (Å²) in [6.07, 6.45) is -2.96. The first-order valence-electron chi connectivity index (χ1n) is 5.36. The van der Waals surface area contributed by atoms with Gasteiger partial charge in [0, 0.05) is 23.2 Å². The quantitative estimate of drug-likeness (QED) is 0.709. The summed E-state index contributed by atoms with van der Waals surface area (Å²) in [7, 11) is 0. The Labute approximate surface area is 105 Å². The van der Waals surface area contributed by atoms with E-state index in [2.05, 4.69) is 10.1 Å². The molecule has 0 atom stereocenters. The highest BCUT2D eigenvalue weighted by Gasteiger charge is 2.33. The van der Waals surface area contributed by atoms with Crippen LogP contribution in [0, 0.1) is 0 Å². The van der Waals surface area contributed by atoms with Crippen molar-refractivity contribution in [3.05, 3.63) is 36.0 Å². The zero-order chi connectivity index (χ0) is 13.6. The Bertz CT molecular complexity index is 742. The first-order chi connectivity index (χ1) is 8.97. The molecular formula is C12H8F3N3O. The minimum Gasteiger partial charge on any atom is -0.368 e. The Hall–Kier alpha value is -2.44. The molecule has 0 bridgehead atoms. The summed E-state index contributed by atoms with van der Waals surface area (Å²) < 4.78 is 43.3. The van der Waals surface area contributed by atoms with Crippen LogP contribution in [0.4, 0.5) is 19.1 Å². The molecule has 3 aromatic rings. The largest absolute Gasteiger partial charge is 0.418 e. The lowest BCUT2D eigenvalue weighted by Gasteiger charge is -2.07. The van der Waals surface area contributed by atoms with E-state index in [1.54, 1.807) is 6.07 Å². The number of nitrogens with two attached hydrogens (primary N) is 1. The molecule has 0 aliphatic rings. The molecule has 98 valence electrons. The second-order valence-electron chi connectivity index (χ2n) is 4.04. The van der Waals surface area contributed by atoms with Gasteiger partial charge in [0.25, 0.3) is 0 Å². The number of nitrogen functional groups attached to an aromatic ring is 1. The maximum Gasteiger partial charge on any atom is 0.418 e. The number of hydrogen-bond donors (Lipinski definition) is 2. The lowest BCUT2D eigenvalue weighted by atomic mass is 10.1. The fourth-order valence-corrected chi connectivity index (χ4v) is 2.02. The summed E-state index contributed by atoms with van der Waals surface area (Å²) in [5.74, 6) is 0.108. The van der Waals surface area contributed by atoms with Gasteiger partial charge < -0.3 is 15.2 Å². The molecule has 2 aromatic heterocycles. The van der Waals surface area contributed by atoms with E-state index in [0.29, 0.717) is 16.6 Å². The molecule has 1 aromatic carbocycles. The third-order valence-corrected chi connectivity index (χ3v) is 2.83. The molecular weight excluding hydrogens is 259 g/mol. The lowest BCUT2D eigenvalue weighted by Crippen LogP contribution is -2.05. The molecule has 0 saturated carbocycles. The summed E-state index contributed by atoms with van der Waals surface area (Å²) in [6.45, 7) is 0. The SMILES string of the molecule is Nc1cc(-c2c[nH]c3c(C(F)(F)F)cccc23)no1. The van der Waals surface area contributed by atoms with Crippen LogP contribution >= 0.6 is 0 Å². The Morgan fingerprint density at radius 3 is 2.68 bits per heavy atom. The van der Waals surface area contributed by atoms with E-state index in [9.17, 15) is 13.2 Å². The average Bonchev–Trinajstić information content (AvgIpc) is 2.92. The van der Waals surface area contributed by atoms with Crippen molar-refractivity contribution >= 4 is 16.8 Å². The number of fused-ring (bicyclic) bond motifs is 1. The molecule has 3 rings (SSSR count). The van der Waals surface area contributed by atoms with Gasteiger partial charge in [-0.2, -0.15) is 13.2 Å². The van der Waals surface area contributed by atoms with Gasteiger partial charge in [-0.3, -0.25) is 0 Å². The van der Waals surface area contributed by atoms with E-state index in [-0.39, 0.29) is 11.4 Å². The van der Waals surface area contributed by atoms with Crippen LogP contribution < -0.4 is 5.73 Å². The molecule has 0 spiro atoms. The van der Waals surface area contributed by atoms with Crippen molar-refractivity contribution in [1.82, 2.24) is 10.1 Å². The number of rotatable bonds is 1. The van der Waals surface area contributed by atoms with Crippen LogP contribution in [0.1, 0.15) is 5.56 Å². The normalized spacial score (nSPS) is 12.2. The van der Waals surface area contributed by atoms with Gasteiger partial charge in [-0.25, -0.2) is 0 Å². The number of hydrogen-bond acceptors (Lipinski definition) is 3. The lowest BCUT2D eigenvalue weighted by molar-refractivity contribution is -0.136. The minimum absolute atomic E-state index is 0.0200. The fourth-order valence-electron chi connectivity index (χ4n) is 2.02. The zero-order valence-corrected chi connectivity index (χ0v) is 9.45. The summed E-state index contributed by atoms with van der Waals surface area (Å²) >= 11 is 0. The number of nitrogens with zero attached hydrogens (tertiary/aromatic N) is 1. The molecule has 4 nitrogen and oxygen atoms in total. The van der Waals surface area contributed by atoms with Crippen molar-refractivity contribution in [3.63, 3.8) is 0 Å². The number of aromatic nitrogens is 2. The standard InChI is InChI=1S/C12H8F3N3O/c13-12(14,15)8-3-1-2-6-7(5-17-11(6)8)9-4-10(16)19-18-9/h1-5,17H,16H2. The van der Waals surface area contributed by atoms with Crippen LogP contribution in [0.25, 0.3) is 22.2 Å². The van der Waals surface area contributed by atoms with Crippen LogP contribution in [0.15, 0.2) is 35.0 Å². The van der Waals surface area contributed by atoms with Gasteiger partial charge in [0.1, 0.15) is 5.69 Å². The van der Waals surface area contributed by atoms with E-state index in [1.807, 2.05) is 0 Å². The number of benzene rings is 1. The second kappa shape index (κ2) is 3.78. The van der Waals surface area contributed by atoms with Crippen LogP contribution in [0.2, 0.25) is 0 Å². The topological polar surface area (TPSA) is 67.8 Å². The Morgan fingerprint density at radius 2 is 2.05 bits per heavy atom. The first kappa shape index (κ1) is 11.6. The number of aromatic amines is 1. The smallest absolute Gasteiger partial charge is 0.368 e. The van der Waals surface area contributed by atoms with E-state index in [1.165, 1.54) is 18.3 Å².